The van der Waals surface area contributed by atoms with E-state index in [9.17, 15) is 0 Å². The highest BCUT2D eigenvalue weighted by molar-refractivity contribution is 9.10. The number of halogens is 1. The molecule has 1 aliphatic rings. The van der Waals surface area contributed by atoms with Crippen molar-refractivity contribution in [3.63, 3.8) is 0 Å². The Hall–Kier alpha value is -0.840. The molecule has 1 aromatic rings. The first-order valence-electron chi connectivity index (χ1n) is 6.59. The molecule has 0 aromatic carbocycles. The zero-order chi connectivity index (χ0) is 13.0. The lowest BCUT2D eigenvalue weighted by Crippen LogP contribution is -2.40. The quantitative estimate of drug-likeness (QED) is 0.854. The first-order valence-corrected chi connectivity index (χ1v) is 7.38. The highest BCUT2D eigenvalue weighted by Gasteiger charge is 2.24. The number of nitrogens with zero attached hydrogens (tertiary/aromatic N) is 3. The van der Waals surface area contributed by atoms with E-state index in [0.717, 1.165) is 17.0 Å². The zero-order valence-electron chi connectivity index (χ0n) is 11.0. The van der Waals surface area contributed by atoms with Crippen LogP contribution in [0.1, 0.15) is 39.0 Å². The molecule has 0 spiro atoms. The van der Waals surface area contributed by atoms with Crippen molar-refractivity contribution in [2.24, 2.45) is 0 Å². The predicted octanol–water partition coefficient (Wildman–Crippen LogP) is 3.41. The Morgan fingerprint density at radius 1 is 1.50 bits per heavy atom. The number of hydrogen-bond donors (Lipinski definition) is 0. The predicted molar refractivity (Wildman–Crippen MR) is 76.2 cm³/mol. The summed E-state index contributed by atoms with van der Waals surface area (Å²) in [5, 5.41) is 0. The number of anilines is 1. The summed E-state index contributed by atoms with van der Waals surface area (Å²) in [6.45, 7) is 3.28. The van der Waals surface area contributed by atoms with Crippen LogP contribution in [0.4, 0.5) is 5.95 Å². The van der Waals surface area contributed by atoms with Gasteiger partial charge in [0.1, 0.15) is 0 Å². The smallest absolute Gasteiger partial charge is 0.232 e. The summed E-state index contributed by atoms with van der Waals surface area (Å²) >= 11 is 3.39. The molecule has 100 valence electrons. The van der Waals surface area contributed by atoms with E-state index < -0.39 is 0 Å². The van der Waals surface area contributed by atoms with Crippen LogP contribution in [0.2, 0.25) is 0 Å². The van der Waals surface area contributed by atoms with E-state index in [1.54, 1.807) is 13.3 Å². The SMILES string of the molecule is CCCC1CCCCN1c1ncc(Br)c(OC)n1. The van der Waals surface area contributed by atoms with Gasteiger partial charge in [-0.15, -0.1) is 0 Å². The minimum absolute atomic E-state index is 0.578. The Morgan fingerprint density at radius 3 is 3.06 bits per heavy atom. The minimum Gasteiger partial charge on any atom is -0.480 e. The minimum atomic E-state index is 0.578. The van der Waals surface area contributed by atoms with Gasteiger partial charge in [0.15, 0.2) is 0 Å². The molecule has 1 atom stereocenters. The van der Waals surface area contributed by atoms with E-state index in [2.05, 4.69) is 37.7 Å². The fourth-order valence-corrected chi connectivity index (χ4v) is 2.87. The standard InChI is InChI=1S/C13H20BrN3O/c1-3-6-10-7-4-5-8-17(10)13-15-9-11(14)12(16-13)18-2/h9-10H,3-8H2,1-2H3. The topological polar surface area (TPSA) is 38.2 Å². The van der Waals surface area contributed by atoms with E-state index in [1.807, 2.05) is 0 Å². The second kappa shape index (κ2) is 6.36. The van der Waals surface area contributed by atoms with Crippen LogP contribution in [0.5, 0.6) is 5.88 Å². The van der Waals surface area contributed by atoms with Crippen LogP contribution in [0.15, 0.2) is 10.7 Å². The van der Waals surface area contributed by atoms with E-state index in [1.165, 1.54) is 32.1 Å². The molecule has 0 bridgehead atoms. The molecular weight excluding hydrogens is 294 g/mol. The Balaban J connectivity index is 2.22. The zero-order valence-corrected chi connectivity index (χ0v) is 12.6. The van der Waals surface area contributed by atoms with Crippen molar-refractivity contribution in [1.29, 1.82) is 0 Å². The van der Waals surface area contributed by atoms with Crippen LogP contribution in [0.3, 0.4) is 0 Å². The Morgan fingerprint density at radius 2 is 2.33 bits per heavy atom. The molecule has 2 rings (SSSR count). The summed E-state index contributed by atoms with van der Waals surface area (Å²) in [7, 11) is 1.64. The second-order valence-corrected chi connectivity index (χ2v) is 5.51. The number of aromatic nitrogens is 2. The molecule has 5 heteroatoms. The summed E-state index contributed by atoms with van der Waals surface area (Å²) < 4.78 is 6.05. The maximum absolute atomic E-state index is 5.25. The van der Waals surface area contributed by atoms with E-state index in [-0.39, 0.29) is 0 Å². The van der Waals surface area contributed by atoms with Gasteiger partial charge in [0.25, 0.3) is 0 Å². The van der Waals surface area contributed by atoms with Crippen LogP contribution in [0, 0.1) is 0 Å². The van der Waals surface area contributed by atoms with Crippen LogP contribution >= 0.6 is 15.9 Å². The van der Waals surface area contributed by atoms with Crippen molar-refractivity contribution < 1.29 is 4.74 Å². The maximum atomic E-state index is 5.25. The normalized spacial score (nSPS) is 19.9. The molecule has 4 nitrogen and oxygen atoms in total. The summed E-state index contributed by atoms with van der Waals surface area (Å²) in [5.74, 6) is 1.41. The van der Waals surface area contributed by atoms with Gasteiger partial charge in [-0.3, -0.25) is 0 Å². The lowest BCUT2D eigenvalue weighted by molar-refractivity contribution is 0.388. The molecule has 2 heterocycles. The van der Waals surface area contributed by atoms with Gasteiger partial charge in [0.2, 0.25) is 11.8 Å². The Labute approximate surface area is 117 Å². The number of methoxy groups -OCH3 is 1. The molecule has 1 saturated heterocycles. The number of rotatable bonds is 4. The maximum Gasteiger partial charge on any atom is 0.232 e. The molecule has 1 aliphatic heterocycles. The average molecular weight is 314 g/mol. The Bertz CT molecular complexity index is 398. The average Bonchev–Trinajstić information content (AvgIpc) is 2.40. The van der Waals surface area contributed by atoms with Crippen molar-refractivity contribution in [2.75, 3.05) is 18.6 Å². The first-order chi connectivity index (χ1) is 8.76. The number of hydrogen-bond acceptors (Lipinski definition) is 4. The van der Waals surface area contributed by atoms with Crippen molar-refractivity contribution in [3.8, 4) is 5.88 Å². The van der Waals surface area contributed by atoms with Crippen molar-refractivity contribution in [2.45, 2.75) is 45.1 Å². The van der Waals surface area contributed by atoms with E-state index >= 15 is 0 Å². The van der Waals surface area contributed by atoms with E-state index in [4.69, 9.17) is 4.74 Å². The van der Waals surface area contributed by atoms with Crippen molar-refractivity contribution in [1.82, 2.24) is 9.97 Å². The van der Waals surface area contributed by atoms with Gasteiger partial charge in [-0.05, 0) is 41.6 Å². The monoisotopic (exact) mass is 313 g/mol. The van der Waals surface area contributed by atoms with Crippen LogP contribution in [-0.4, -0.2) is 29.7 Å². The van der Waals surface area contributed by atoms with Crippen LogP contribution < -0.4 is 9.64 Å². The largest absolute Gasteiger partial charge is 0.480 e. The van der Waals surface area contributed by atoms with Gasteiger partial charge in [-0.1, -0.05) is 13.3 Å². The highest BCUT2D eigenvalue weighted by atomic mass is 79.9. The lowest BCUT2D eigenvalue weighted by atomic mass is 9.99. The summed E-state index contributed by atoms with van der Waals surface area (Å²) in [6.07, 6.45) is 7.97. The van der Waals surface area contributed by atoms with Gasteiger partial charge >= 0.3 is 0 Å². The van der Waals surface area contributed by atoms with Gasteiger partial charge in [0.05, 0.1) is 17.8 Å². The molecule has 0 amide bonds. The van der Waals surface area contributed by atoms with Crippen molar-refractivity contribution >= 4 is 21.9 Å². The third-order valence-corrected chi connectivity index (χ3v) is 3.94. The first kappa shape index (κ1) is 13.6. The summed E-state index contributed by atoms with van der Waals surface area (Å²) in [5.41, 5.74) is 0. The van der Waals surface area contributed by atoms with Gasteiger partial charge in [-0.25, -0.2) is 4.98 Å². The Kier molecular flexibility index (Phi) is 4.80. The third-order valence-electron chi connectivity index (χ3n) is 3.40. The molecule has 0 N–H and O–H groups in total. The van der Waals surface area contributed by atoms with Gasteiger partial charge in [-0.2, -0.15) is 4.98 Å². The van der Waals surface area contributed by atoms with E-state index in [0.29, 0.717) is 11.9 Å². The fourth-order valence-electron chi connectivity index (χ4n) is 2.52. The van der Waals surface area contributed by atoms with Crippen LogP contribution in [0.25, 0.3) is 0 Å². The molecule has 0 radical (unpaired) electrons. The molecule has 1 aromatic heterocycles. The number of piperidine rings is 1. The highest BCUT2D eigenvalue weighted by Crippen LogP contribution is 2.28. The summed E-state index contributed by atoms with van der Waals surface area (Å²) in [6, 6.07) is 0.578. The molecule has 0 aliphatic carbocycles. The van der Waals surface area contributed by atoms with Crippen LogP contribution in [-0.2, 0) is 0 Å². The number of ether oxygens (including phenoxy) is 1. The summed E-state index contributed by atoms with van der Waals surface area (Å²) in [4.78, 5) is 11.3. The van der Waals surface area contributed by atoms with Gasteiger partial charge in [0, 0.05) is 12.6 Å². The molecule has 0 saturated carbocycles. The lowest BCUT2D eigenvalue weighted by Gasteiger charge is -2.35. The third kappa shape index (κ3) is 2.94. The fraction of sp³-hybridized carbons (Fsp3) is 0.692. The molecule has 1 unspecified atom stereocenters. The second-order valence-electron chi connectivity index (χ2n) is 4.66. The molecule has 18 heavy (non-hydrogen) atoms. The van der Waals surface area contributed by atoms with Crippen molar-refractivity contribution in [3.05, 3.63) is 10.7 Å². The van der Waals surface area contributed by atoms with Gasteiger partial charge < -0.3 is 9.64 Å². The molecule has 1 fully saturated rings. The molecular formula is C13H20BrN3O.